The number of rotatable bonds is 5. The van der Waals surface area contributed by atoms with Crippen molar-refractivity contribution in [2.24, 2.45) is 0 Å². The van der Waals surface area contributed by atoms with Crippen molar-refractivity contribution in [2.75, 3.05) is 45.6 Å². The van der Waals surface area contributed by atoms with Crippen LogP contribution in [0.3, 0.4) is 0 Å². The van der Waals surface area contributed by atoms with Crippen LogP contribution in [0.5, 0.6) is 0 Å². The van der Waals surface area contributed by atoms with Crippen LogP contribution in [-0.4, -0.2) is 69.2 Å². The number of nitrogens with zero attached hydrogens (tertiary/aromatic N) is 2. The fraction of sp³-hybridized carbons (Fsp3) is 0.500. The lowest BCUT2D eigenvalue weighted by Crippen LogP contribution is -2.51. The van der Waals surface area contributed by atoms with E-state index in [0.717, 1.165) is 4.47 Å². The molecule has 0 aromatic heterocycles. The van der Waals surface area contributed by atoms with E-state index in [1.54, 1.807) is 17.0 Å². The van der Waals surface area contributed by atoms with Gasteiger partial charge in [0.05, 0.1) is 12.4 Å². The van der Waals surface area contributed by atoms with E-state index in [-0.39, 0.29) is 18.3 Å². The SMILES string of the molecule is COCCS(=O)(=O)N1CCN(C(=O)c2cccc(Br)c2)CC1. The molecule has 1 aliphatic heterocycles. The zero-order valence-electron chi connectivity index (χ0n) is 12.4. The molecule has 0 bridgehead atoms. The van der Waals surface area contributed by atoms with Crippen LogP contribution in [0.2, 0.25) is 0 Å². The molecular weight excluding hydrogens is 372 g/mol. The predicted octanol–water partition coefficient (Wildman–Crippen LogP) is 1.18. The van der Waals surface area contributed by atoms with Crippen molar-refractivity contribution in [1.29, 1.82) is 0 Å². The van der Waals surface area contributed by atoms with Crippen molar-refractivity contribution in [3.63, 3.8) is 0 Å². The van der Waals surface area contributed by atoms with Crippen LogP contribution in [0.25, 0.3) is 0 Å². The van der Waals surface area contributed by atoms with Crippen LogP contribution < -0.4 is 0 Å². The summed E-state index contributed by atoms with van der Waals surface area (Å²) in [5.74, 6) is -0.0986. The van der Waals surface area contributed by atoms with Gasteiger partial charge >= 0.3 is 0 Å². The number of halogens is 1. The summed E-state index contributed by atoms with van der Waals surface area (Å²) in [6.07, 6.45) is 0. The number of carbonyl (C=O) groups excluding carboxylic acids is 1. The lowest BCUT2D eigenvalue weighted by molar-refractivity contribution is 0.0697. The Morgan fingerprint density at radius 1 is 1.27 bits per heavy atom. The van der Waals surface area contributed by atoms with Gasteiger partial charge in [0.15, 0.2) is 0 Å². The molecule has 0 saturated carbocycles. The third-order valence-corrected chi connectivity index (χ3v) is 5.86. The minimum absolute atomic E-state index is 0.0247. The number of ether oxygens (including phenoxy) is 1. The Morgan fingerprint density at radius 3 is 2.55 bits per heavy atom. The second kappa shape index (κ2) is 7.54. The highest BCUT2D eigenvalue weighted by Gasteiger charge is 2.28. The summed E-state index contributed by atoms with van der Waals surface area (Å²) >= 11 is 3.34. The Balaban J connectivity index is 1.96. The number of sulfonamides is 1. The van der Waals surface area contributed by atoms with Crippen molar-refractivity contribution in [2.45, 2.75) is 0 Å². The molecule has 22 heavy (non-hydrogen) atoms. The van der Waals surface area contributed by atoms with Gasteiger partial charge in [-0.1, -0.05) is 22.0 Å². The molecule has 0 spiro atoms. The van der Waals surface area contributed by atoms with E-state index in [1.807, 2.05) is 12.1 Å². The van der Waals surface area contributed by atoms with Gasteiger partial charge in [0.2, 0.25) is 10.0 Å². The van der Waals surface area contributed by atoms with E-state index >= 15 is 0 Å². The molecule has 8 heteroatoms. The van der Waals surface area contributed by atoms with E-state index in [1.165, 1.54) is 11.4 Å². The minimum atomic E-state index is -3.30. The summed E-state index contributed by atoms with van der Waals surface area (Å²) in [5, 5.41) is 0. The molecule has 122 valence electrons. The Labute approximate surface area is 139 Å². The zero-order valence-corrected chi connectivity index (χ0v) is 14.8. The number of carbonyl (C=O) groups is 1. The van der Waals surface area contributed by atoms with Gasteiger partial charge in [-0.25, -0.2) is 8.42 Å². The van der Waals surface area contributed by atoms with Gasteiger partial charge in [0.25, 0.3) is 5.91 Å². The molecule has 2 rings (SSSR count). The van der Waals surface area contributed by atoms with Gasteiger partial charge in [0, 0.05) is 43.3 Å². The van der Waals surface area contributed by atoms with Gasteiger partial charge in [0.1, 0.15) is 0 Å². The maximum atomic E-state index is 12.4. The Morgan fingerprint density at radius 2 is 1.95 bits per heavy atom. The summed E-state index contributed by atoms with van der Waals surface area (Å²) < 4.78 is 31.2. The number of hydrogen-bond donors (Lipinski definition) is 0. The predicted molar refractivity (Wildman–Crippen MR) is 87.3 cm³/mol. The van der Waals surface area contributed by atoms with Crippen LogP contribution in [0.4, 0.5) is 0 Å². The summed E-state index contributed by atoms with van der Waals surface area (Å²) in [6, 6.07) is 7.19. The fourth-order valence-electron chi connectivity index (χ4n) is 2.29. The van der Waals surface area contributed by atoms with Crippen molar-refractivity contribution >= 4 is 31.9 Å². The van der Waals surface area contributed by atoms with E-state index in [4.69, 9.17) is 4.74 Å². The van der Waals surface area contributed by atoms with Crippen LogP contribution in [-0.2, 0) is 14.8 Å². The first-order chi connectivity index (χ1) is 10.4. The topological polar surface area (TPSA) is 66.9 Å². The Kier molecular flexibility index (Phi) is 5.96. The highest BCUT2D eigenvalue weighted by molar-refractivity contribution is 9.10. The smallest absolute Gasteiger partial charge is 0.253 e. The van der Waals surface area contributed by atoms with Crippen molar-refractivity contribution in [3.05, 3.63) is 34.3 Å². The molecule has 1 aromatic carbocycles. The van der Waals surface area contributed by atoms with E-state index in [0.29, 0.717) is 31.7 Å². The standard InChI is InChI=1S/C14H19BrN2O4S/c1-21-9-10-22(19,20)17-7-5-16(6-8-17)14(18)12-3-2-4-13(15)11-12/h2-4,11H,5-10H2,1H3. The number of hydrogen-bond acceptors (Lipinski definition) is 4. The molecule has 1 aromatic rings. The molecule has 0 unspecified atom stereocenters. The molecule has 0 N–H and O–H groups in total. The maximum absolute atomic E-state index is 12.4. The summed E-state index contributed by atoms with van der Waals surface area (Å²) in [7, 11) is -1.83. The molecule has 1 heterocycles. The van der Waals surface area contributed by atoms with Gasteiger partial charge in [-0.05, 0) is 18.2 Å². The average Bonchev–Trinajstić information content (AvgIpc) is 2.52. The highest BCUT2D eigenvalue weighted by atomic mass is 79.9. The number of benzene rings is 1. The Bertz CT molecular complexity index is 627. The summed E-state index contributed by atoms with van der Waals surface area (Å²) in [4.78, 5) is 14.1. The monoisotopic (exact) mass is 390 g/mol. The molecule has 1 aliphatic rings. The second-order valence-electron chi connectivity index (χ2n) is 5.01. The first kappa shape index (κ1) is 17.4. The van der Waals surface area contributed by atoms with Gasteiger partial charge in [-0.2, -0.15) is 4.31 Å². The third-order valence-electron chi connectivity index (χ3n) is 3.54. The largest absolute Gasteiger partial charge is 0.384 e. The first-order valence-corrected chi connectivity index (χ1v) is 9.36. The number of piperazine rings is 1. The average molecular weight is 391 g/mol. The van der Waals surface area contributed by atoms with Gasteiger partial charge < -0.3 is 9.64 Å². The third kappa shape index (κ3) is 4.28. The molecule has 0 atom stereocenters. The lowest BCUT2D eigenvalue weighted by Gasteiger charge is -2.34. The number of amides is 1. The summed E-state index contributed by atoms with van der Waals surface area (Å²) in [6.45, 7) is 1.63. The van der Waals surface area contributed by atoms with E-state index in [2.05, 4.69) is 15.9 Å². The van der Waals surface area contributed by atoms with E-state index < -0.39 is 10.0 Å². The van der Waals surface area contributed by atoms with Crippen molar-refractivity contribution in [1.82, 2.24) is 9.21 Å². The molecular formula is C14H19BrN2O4S. The van der Waals surface area contributed by atoms with Crippen molar-refractivity contribution in [3.8, 4) is 0 Å². The molecule has 1 amide bonds. The van der Waals surface area contributed by atoms with Crippen LogP contribution in [0, 0.1) is 0 Å². The maximum Gasteiger partial charge on any atom is 0.253 e. The number of methoxy groups -OCH3 is 1. The fourth-order valence-corrected chi connectivity index (χ4v) is 4.05. The van der Waals surface area contributed by atoms with Crippen LogP contribution in [0.15, 0.2) is 28.7 Å². The molecule has 6 nitrogen and oxygen atoms in total. The van der Waals surface area contributed by atoms with Crippen LogP contribution in [0.1, 0.15) is 10.4 Å². The molecule has 1 fully saturated rings. The Hall–Kier alpha value is -0.960. The lowest BCUT2D eigenvalue weighted by atomic mass is 10.2. The molecule has 1 saturated heterocycles. The van der Waals surface area contributed by atoms with Crippen LogP contribution >= 0.6 is 15.9 Å². The second-order valence-corrected chi connectivity index (χ2v) is 8.01. The highest BCUT2D eigenvalue weighted by Crippen LogP contribution is 2.15. The molecule has 0 radical (unpaired) electrons. The van der Waals surface area contributed by atoms with E-state index in [9.17, 15) is 13.2 Å². The van der Waals surface area contributed by atoms with Gasteiger partial charge in [-0.3, -0.25) is 4.79 Å². The quantitative estimate of drug-likeness (QED) is 0.756. The van der Waals surface area contributed by atoms with Gasteiger partial charge in [-0.15, -0.1) is 0 Å². The zero-order chi connectivity index (χ0) is 16.2. The normalized spacial score (nSPS) is 16.7. The van der Waals surface area contributed by atoms with Crippen molar-refractivity contribution < 1.29 is 17.9 Å². The molecule has 0 aliphatic carbocycles. The first-order valence-electron chi connectivity index (χ1n) is 6.95. The summed E-state index contributed by atoms with van der Waals surface area (Å²) in [5.41, 5.74) is 0.602. The minimum Gasteiger partial charge on any atom is -0.384 e.